The number of carbonyl (C=O) groups is 1. The Bertz CT molecular complexity index is 2130. The highest BCUT2D eigenvalue weighted by molar-refractivity contribution is 8.04. The molecule has 2 aromatic carbocycles. The van der Waals surface area contributed by atoms with Crippen LogP contribution in [-0.4, -0.2) is 47.7 Å². The SMILES string of the molecule is C=C(Sc1ncc([N+](=O)[O-])s1)N(C(=O)NC)c1ccc(C(F)(F)F)cc1.CC.CC.O=c1[nH]nc(Sc2ncc([N+](=O)[O-])s2)n1-c1cccc(C(F)(F)F)c1. The Morgan fingerprint density at radius 3 is 1.91 bits per heavy atom. The highest BCUT2D eigenvalue weighted by Gasteiger charge is 2.32. The number of nitrogens with zero attached hydrogens (tertiary/aromatic N) is 7. The van der Waals surface area contributed by atoms with Gasteiger partial charge >= 0.3 is 34.1 Å². The van der Waals surface area contributed by atoms with E-state index in [2.05, 4.69) is 32.1 Å². The molecule has 0 saturated carbocycles. The predicted octanol–water partition coefficient (Wildman–Crippen LogP) is 9.63. The number of nitro groups is 2. The summed E-state index contributed by atoms with van der Waals surface area (Å²) in [6, 6.07) is 7.50. The second-order valence-corrected chi connectivity index (χ2v) is 13.7. The Labute approximate surface area is 323 Å². The number of H-pyrrole nitrogens is 1. The van der Waals surface area contributed by atoms with Gasteiger partial charge in [0.15, 0.2) is 8.68 Å². The van der Waals surface area contributed by atoms with Gasteiger partial charge in [-0.2, -0.15) is 26.3 Å². The minimum atomic E-state index is -4.56. The van der Waals surface area contributed by atoms with E-state index in [0.717, 1.165) is 104 Å². The molecule has 0 atom stereocenters. The maximum atomic E-state index is 12.8. The van der Waals surface area contributed by atoms with E-state index in [4.69, 9.17) is 0 Å². The monoisotopic (exact) mass is 853 g/mol. The second kappa shape index (κ2) is 20.4. The summed E-state index contributed by atoms with van der Waals surface area (Å²) in [5, 5.41) is 29.4. The lowest BCUT2D eigenvalue weighted by molar-refractivity contribution is -0.380. The molecule has 55 heavy (non-hydrogen) atoms. The van der Waals surface area contributed by atoms with Crippen LogP contribution in [0, 0.1) is 20.2 Å². The van der Waals surface area contributed by atoms with Gasteiger partial charge in [-0.05, 0) is 88.7 Å². The fraction of sp³-hybridized carbons (Fsp3) is 0.233. The molecule has 0 aliphatic carbocycles. The molecule has 0 fully saturated rings. The molecule has 3 heterocycles. The Morgan fingerprint density at radius 2 is 1.42 bits per heavy atom. The number of halogens is 6. The van der Waals surface area contributed by atoms with Crippen LogP contribution < -0.4 is 15.9 Å². The van der Waals surface area contributed by atoms with Crippen LogP contribution in [0.15, 0.2) is 91.2 Å². The van der Waals surface area contributed by atoms with Crippen LogP contribution >= 0.6 is 46.2 Å². The number of aromatic nitrogens is 5. The molecule has 3 aromatic heterocycles. The summed E-state index contributed by atoms with van der Waals surface area (Å²) in [5.74, 6) is 0. The largest absolute Gasteiger partial charge is 0.416 e. The van der Waals surface area contributed by atoms with Gasteiger partial charge in [0.1, 0.15) is 12.4 Å². The van der Waals surface area contributed by atoms with Crippen LogP contribution in [0.2, 0.25) is 0 Å². The number of thiazole rings is 2. The molecule has 0 spiro atoms. The number of rotatable bonds is 9. The molecule has 5 rings (SSSR count). The van der Waals surface area contributed by atoms with Crippen LogP contribution in [-0.2, 0) is 12.4 Å². The van der Waals surface area contributed by atoms with E-state index in [-0.39, 0.29) is 40.2 Å². The average molecular weight is 854 g/mol. The number of amides is 2. The lowest BCUT2D eigenvalue weighted by Gasteiger charge is -2.23. The summed E-state index contributed by atoms with van der Waals surface area (Å²) < 4.78 is 78.0. The molecule has 0 aliphatic rings. The van der Waals surface area contributed by atoms with E-state index in [1.807, 2.05) is 27.7 Å². The maximum Gasteiger partial charge on any atom is 0.416 e. The van der Waals surface area contributed by atoms with Crippen molar-refractivity contribution in [1.82, 2.24) is 30.0 Å². The molecule has 0 unspecified atom stereocenters. The van der Waals surface area contributed by atoms with Gasteiger partial charge in [-0.3, -0.25) is 25.1 Å². The third kappa shape index (κ3) is 12.6. The number of benzene rings is 2. The Morgan fingerprint density at radius 1 is 0.891 bits per heavy atom. The van der Waals surface area contributed by atoms with Gasteiger partial charge in [-0.15, -0.1) is 5.10 Å². The zero-order valence-corrected chi connectivity index (χ0v) is 32.2. The van der Waals surface area contributed by atoms with Crippen molar-refractivity contribution < 1.29 is 41.0 Å². The van der Waals surface area contributed by atoms with Crippen molar-refractivity contribution in [2.75, 3.05) is 11.9 Å². The van der Waals surface area contributed by atoms with Crippen LogP contribution in [0.25, 0.3) is 5.69 Å². The molecule has 0 radical (unpaired) electrons. The third-order valence-electron chi connectivity index (χ3n) is 5.88. The van der Waals surface area contributed by atoms with Crippen molar-refractivity contribution in [2.45, 2.75) is 53.9 Å². The summed E-state index contributed by atoms with van der Waals surface area (Å²) in [6.07, 6.45) is -6.94. The highest BCUT2D eigenvalue weighted by atomic mass is 32.2. The van der Waals surface area contributed by atoms with E-state index in [1.54, 1.807) is 0 Å². The van der Waals surface area contributed by atoms with Crippen molar-refractivity contribution in [1.29, 1.82) is 0 Å². The van der Waals surface area contributed by atoms with Gasteiger partial charge in [0.25, 0.3) is 0 Å². The summed E-state index contributed by atoms with van der Waals surface area (Å²) in [5.41, 5.74) is -2.40. The molecule has 2 N–H and O–H groups in total. The Hall–Kier alpha value is -5.27. The number of nitrogens with one attached hydrogen (secondary N) is 2. The smallest absolute Gasteiger partial charge is 0.340 e. The standard InChI is InChI=1S/C14H11F3N4O3S2.C12H6F3N5O3S2.2C2H6/c1-8(25-13-19-7-11(26-13)21(23)24)20(12(22)18-2)10-5-3-9(4-6-10)14(15,16)17;13-12(14,15)6-2-1-3-7(4-6)19-9(21)17-18-10(19)25-11-16-5-8(24-11)20(22)23;2*1-2/h3-7H,1H2,2H3,(H,18,22);1-5H,(H,17,21);2*1-2H3. The van der Waals surface area contributed by atoms with E-state index in [0.29, 0.717) is 0 Å². The minimum absolute atomic E-state index is 0.00794. The number of thioether (sulfide) groups is 1. The molecule has 296 valence electrons. The fourth-order valence-corrected chi connectivity index (χ4v) is 7.18. The number of hydrogen-bond acceptors (Lipinski definition) is 13. The molecule has 25 heteroatoms. The van der Waals surface area contributed by atoms with Crippen molar-refractivity contribution in [3.63, 3.8) is 0 Å². The van der Waals surface area contributed by atoms with E-state index in [9.17, 15) is 56.2 Å². The fourth-order valence-electron chi connectivity index (χ4n) is 3.67. The second-order valence-electron chi connectivity index (χ2n) is 9.17. The quantitative estimate of drug-likeness (QED) is 0.0620. The molecule has 5 aromatic rings. The zero-order valence-electron chi connectivity index (χ0n) is 29.0. The first-order chi connectivity index (χ1) is 25.9. The van der Waals surface area contributed by atoms with Gasteiger partial charge in [0.05, 0.1) is 37.4 Å². The molecule has 2 amide bonds. The number of urea groups is 1. The van der Waals surface area contributed by atoms with Crippen LogP contribution in [0.4, 0.5) is 46.8 Å². The van der Waals surface area contributed by atoms with Crippen molar-refractivity contribution in [3.8, 4) is 5.69 Å². The first kappa shape index (κ1) is 45.9. The van der Waals surface area contributed by atoms with Crippen molar-refractivity contribution in [3.05, 3.63) is 114 Å². The maximum absolute atomic E-state index is 12.8. The third-order valence-corrected chi connectivity index (χ3v) is 9.80. The summed E-state index contributed by atoms with van der Waals surface area (Å²) in [7, 11) is 1.35. The molecular weight excluding hydrogens is 825 g/mol. The number of aromatic amines is 1. The first-order valence-corrected chi connectivity index (χ1v) is 18.4. The Kier molecular flexibility index (Phi) is 17.0. The number of carbonyl (C=O) groups excluding carboxylic acids is 1. The Balaban J connectivity index is 0.000000349. The summed E-state index contributed by atoms with van der Waals surface area (Å²) in [4.78, 5) is 53.0. The normalized spacial score (nSPS) is 10.7. The highest BCUT2D eigenvalue weighted by Crippen LogP contribution is 2.38. The van der Waals surface area contributed by atoms with Gasteiger partial charge < -0.3 is 5.32 Å². The zero-order chi connectivity index (χ0) is 41.7. The lowest BCUT2D eigenvalue weighted by Crippen LogP contribution is -2.36. The topological polar surface area (TPSA) is 195 Å². The number of anilines is 1. The molecule has 15 nitrogen and oxygen atoms in total. The number of alkyl halides is 6. The summed E-state index contributed by atoms with van der Waals surface area (Å²) in [6.45, 7) is 11.7. The van der Waals surface area contributed by atoms with Crippen LogP contribution in [0.1, 0.15) is 38.8 Å². The molecule has 0 aliphatic heterocycles. The molecule has 0 bridgehead atoms. The van der Waals surface area contributed by atoms with E-state index in [1.165, 1.54) is 19.2 Å². The van der Waals surface area contributed by atoms with Crippen LogP contribution in [0.5, 0.6) is 0 Å². The van der Waals surface area contributed by atoms with Crippen LogP contribution in [0.3, 0.4) is 0 Å². The molecular formula is C30H29F6N9O6S4. The van der Waals surface area contributed by atoms with E-state index >= 15 is 0 Å². The first-order valence-electron chi connectivity index (χ1n) is 15.2. The van der Waals surface area contributed by atoms with Gasteiger partial charge in [0.2, 0.25) is 5.16 Å². The predicted molar refractivity (Wildman–Crippen MR) is 197 cm³/mol. The van der Waals surface area contributed by atoms with Gasteiger partial charge in [-0.1, -0.05) is 40.3 Å². The molecule has 0 saturated heterocycles. The van der Waals surface area contributed by atoms with Crippen molar-refractivity contribution in [2.24, 2.45) is 0 Å². The summed E-state index contributed by atoms with van der Waals surface area (Å²) >= 11 is 3.27. The number of hydrogen-bond donors (Lipinski definition) is 2. The van der Waals surface area contributed by atoms with Crippen molar-refractivity contribution >= 4 is 67.9 Å². The lowest BCUT2D eigenvalue weighted by atomic mass is 10.2. The minimum Gasteiger partial charge on any atom is -0.340 e. The van der Waals surface area contributed by atoms with E-state index < -0.39 is 45.0 Å². The van der Waals surface area contributed by atoms with Gasteiger partial charge in [0, 0.05) is 7.05 Å². The average Bonchev–Trinajstić information content (AvgIpc) is 3.91. The van der Waals surface area contributed by atoms with Gasteiger partial charge in [-0.25, -0.2) is 29.2 Å².